The number of nitrogens with zero attached hydrogens (tertiary/aromatic N) is 1. The number of carbonyl (C=O) groups excluding carboxylic acids is 1. The Hall–Kier alpha value is 0.0900. The molecule has 0 aliphatic carbocycles. The number of thiophene rings is 1. The summed E-state index contributed by atoms with van der Waals surface area (Å²) in [4.78, 5) is 15.2. The summed E-state index contributed by atoms with van der Waals surface area (Å²) in [5.41, 5.74) is 0. The van der Waals surface area contributed by atoms with Crippen LogP contribution in [0.15, 0.2) is 14.3 Å². The van der Waals surface area contributed by atoms with E-state index in [2.05, 4.69) is 62.8 Å². The molecule has 1 N–H and O–H groups in total. The topological polar surface area (TPSA) is 32.3 Å². The van der Waals surface area contributed by atoms with E-state index in [0.29, 0.717) is 0 Å². The monoisotopic (exact) mass is 424 g/mol. The average Bonchev–Trinajstić information content (AvgIpc) is 2.75. The number of hydrogen-bond acceptors (Lipinski definition) is 3. The number of rotatable bonds is 8. The Morgan fingerprint density at radius 1 is 1.40 bits per heavy atom. The fourth-order valence-electron chi connectivity index (χ4n) is 1.99. The first-order chi connectivity index (χ1) is 9.47. The van der Waals surface area contributed by atoms with E-state index in [9.17, 15) is 4.79 Å². The highest BCUT2D eigenvalue weighted by Gasteiger charge is 2.14. The Bertz CT molecular complexity index is 413. The molecule has 1 amide bonds. The van der Waals surface area contributed by atoms with Crippen LogP contribution in [0.3, 0.4) is 0 Å². The second-order valence-electron chi connectivity index (χ2n) is 4.78. The molecule has 0 spiro atoms. The van der Waals surface area contributed by atoms with Gasteiger partial charge in [0.15, 0.2) is 0 Å². The molecule has 1 heterocycles. The molecule has 0 fully saturated rings. The maximum Gasteiger partial charge on any atom is 0.261 e. The number of amides is 1. The quantitative estimate of drug-likeness (QED) is 0.664. The Morgan fingerprint density at radius 2 is 2.05 bits per heavy atom. The predicted octanol–water partition coefficient (Wildman–Crippen LogP) is 4.51. The molecule has 0 radical (unpaired) electrons. The van der Waals surface area contributed by atoms with Crippen LogP contribution in [-0.2, 0) is 0 Å². The van der Waals surface area contributed by atoms with Crippen LogP contribution in [0.4, 0.5) is 0 Å². The van der Waals surface area contributed by atoms with Gasteiger partial charge in [0.05, 0.1) is 8.66 Å². The van der Waals surface area contributed by atoms with Crippen molar-refractivity contribution < 1.29 is 4.79 Å². The summed E-state index contributed by atoms with van der Waals surface area (Å²) in [6, 6.07) is 2.06. The molecule has 114 valence electrons. The molecular weight excluding hydrogens is 404 g/mol. The number of halogens is 2. The maximum atomic E-state index is 12.1. The van der Waals surface area contributed by atoms with E-state index in [1.165, 1.54) is 11.3 Å². The first-order valence-electron chi connectivity index (χ1n) is 6.95. The van der Waals surface area contributed by atoms with Gasteiger partial charge in [0.25, 0.3) is 5.91 Å². The lowest BCUT2D eigenvalue weighted by Gasteiger charge is -2.19. The molecule has 1 rings (SSSR count). The summed E-state index contributed by atoms with van der Waals surface area (Å²) in [6.45, 7) is 9.71. The molecule has 0 aliphatic heterocycles. The first-order valence-corrected chi connectivity index (χ1v) is 9.36. The van der Waals surface area contributed by atoms with E-state index in [1.54, 1.807) is 0 Å². The van der Waals surface area contributed by atoms with E-state index in [-0.39, 0.29) is 11.9 Å². The van der Waals surface area contributed by atoms with Crippen LogP contribution in [0.2, 0.25) is 0 Å². The van der Waals surface area contributed by atoms with E-state index >= 15 is 0 Å². The van der Waals surface area contributed by atoms with Gasteiger partial charge < -0.3 is 10.2 Å². The predicted molar refractivity (Wildman–Crippen MR) is 93.7 cm³/mol. The zero-order chi connectivity index (χ0) is 15.1. The van der Waals surface area contributed by atoms with Crippen LogP contribution in [0, 0.1) is 0 Å². The zero-order valence-corrected chi connectivity index (χ0v) is 16.2. The molecule has 0 bridgehead atoms. The molecule has 0 saturated heterocycles. The largest absolute Gasteiger partial charge is 0.349 e. The lowest BCUT2D eigenvalue weighted by molar-refractivity contribution is 0.0941. The second kappa shape index (κ2) is 9.18. The van der Waals surface area contributed by atoms with Gasteiger partial charge in [-0.05, 0) is 77.3 Å². The molecule has 1 aromatic heterocycles. The van der Waals surface area contributed by atoms with Gasteiger partial charge in [0.1, 0.15) is 0 Å². The van der Waals surface area contributed by atoms with E-state index in [1.807, 2.05) is 6.07 Å². The highest BCUT2D eigenvalue weighted by Crippen LogP contribution is 2.32. The highest BCUT2D eigenvalue weighted by atomic mass is 79.9. The maximum absolute atomic E-state index is 12.1. The molecule has 1 unspecified atom stereocenters. The van der Waals surface area contributed by atoms with Gasteiger partial charge in [0, 0.05) is 10.5 Å². The summed E-state index contributed by atoms with van der Waals surface area (Å²) in [6.07, 6.45) is 2.12. The van der Waals surface area contributed by atoms with Crippen molar-refractivity contribution >= 4 is 49.1 Å². The summed E-state index contributed by atoms with van der Waals surface area (Å²) >= 11 is 8.26. The average molecular weight is 426 g/mol. The van der Waals surface area contributed by atoms with Gasteiger partial charge in [-0.2, -0.15) is 0 Å². The summed E-state index contributed by atoms with van der Waals surface area (Å²) in [7, 11) is 0. The standard InChI is InChI=1S/C14H22Br2N2OS/c1-4-18(5-2)8-6-7-10(3)17-14(19)12-9-11(15)13(16)20-12/h9-10H,4-8H2,1-3H3,(H,17,19). The molecule has 0 saturated carbocycles. The third kappa shape index (κ3) is 5.84. The Morgan fingerprint density at radius 3 is 2.55 bits per heavy atom. The number of carbonyl (C=O) groups is 1. The van der Waals surface area contributed by atoms with Crippen molar-refractivity contribution in [2.45, 2.75) is 39.7 Å². The third-order valence-electron chi connectivity index (χ3n) is 3.25. The van der Waals surface area contributed by atoms with Crippen LogP contribution in [0.25, 0.3) is 0 Å². The van der Waals surface area contributed by atoms with Crippen LogP contribution in [0.5, 0.6) is 0 Å². The van der Waals surface area contributed by atoms with Crippen LogP contribution < -0.4 is 5.32 Å². The SMILES string of the molecule is CCN(CC)CCCC(C)NC(=O)c1cc(Br)c(Br)s1. The van der Waals surface area contributed by atoms with Crippen LogP contribution in [0.1, 0.15) is 43.3 Å². The van der Waals surface area contributed by atoms with Crippen LogP contribution in [-0.4, -0.2) is 36.5 Å². The highest BCUT2D eigenvalue weighted by molar-refractivity contribution is 9.13. The molecule has 0 aromatic carbocycles. The Labute approximate surface area is 142 Å². The number of hydrogen-bond donors (Lipinski definition) is 1. The molecule has 6 heteroatoms. The fourth-order valence-corrected chi connectivity index (χ4v) is 3.93. The lowest BCUT2D eigenvalue weighted by Crippen LogP contribution is -2.33. The van der Waals surface area contributed by atoms with Crippen molar-refractivity contribution in [1.82, 2.24) is 10.2 Å². The van der Waals surface area contributed by atoms with E-state index in [4.69, 9.17) is 0 Å². The Kier molecular flexibility index (Phi) is 8.32. The van der Waals surface area contributed by atoms with Crippen molar-refractivity contribution in [2.75, 3.05) is 19.6 Å². The van der Waals surface area contributed by atoms with Crippen molar-refractivity contribution in [1.29, 1.82) is 0 Å². The zero-order valence-electron chi connectivity index (χ0n) is 12.2. The molecular formula is C14H22Br2N2OS. The molecule has 1 atom stereocenters. The molecule has 0 aliphatic rings. The van der Waals surface area contributed by atoms with Crippen LogP contribution >= 0.6 is 43.2 Å². The minimum Gasteiger partial charge on any atom is -0.349 e. The normalized spacial score (nSPS) is 12.7. The van der Waals surface area contributed by atoms with Gasteiger partial charge in [-0.15, -0.1) is 11.3 Å². The van der Waals surface area contributed by atoms with Gasteiger partial charge in [-0.3, -0.25) is 4.79 Å². The Balaban J connectivity index is 2.35. The lowest BCUT2D eigenvalue weighted by atomic mass is 10.1. The smallest absolute Gasteiger partial charge is 0.261 e. The summed E-state index contributed by atoms with van der Waals surface area (Å²) < 4.78 is 1.89. The molecule has 1 aromatic rings. The van der Waals surface area contributed by atoms with Gasteiger partial charge in [-0.25, -0.2) is 0 Å². The summed E-state index contributed by atoms with van der Waals surface area (Å²) in [5, 5.41) is 3.06. The van der Waals surface area contributed by atoms with Crippen molar-refractivity contribution in [3.05, 3.63) is 19.2 Å². The molecule has 20 heavy (non-hydrogen) atoms. The van der Waals surface area contributed by atoms with E-state index < -0.39 is 0 Å². The van der Waals surface area contributed by atoms with Crippen molar-refractivity contribution in [3.8, 4) is 0 Å². The molecule has 3 nitrogen and oxygen atoms in total. The number of nitrogens with one attached hydrogen (secondary N) is 1. The van der Waals surface area contributed by atoms with Crippen molar-refractivity contribution in [2.24, 2.45) is 0 Å². The third-order valence-corrected chi connectivity index (χ3v) is 6.51. The van der Waals surface area contributed by atoms with Gasteiger partial charge in [-0.1, -0.05) is 13.8 Å². The second-order valence-corrected chi connectivity index (χ2v) is 8.00. The van der Waals surface area contributed by atoms with Gasteiger partial charge >= 0.3 is 0 Å². The fraction of sp³-hybridized carbons (Fsp3) is 0.643. The minimum atomic E-state index is 0.0109. The van der Waals surface area contributed by atoms with Crippen molar-refractivity contribution in [3.63, 3.8) is 0 Å². The summed E-state index contributed by atoms with van der Waals surface area (Å²) in [5.74, 6) is 0.0109. The van der Waals surface area contributed by atoms with Gasteiger partial charge in [0.2, 0.25) is 0 Å². The van der Waals surface area contributed by atoms with E-state index in [0.717, 1.165) is 45.6 Å². The minimum absolute atomic E-state index is 0.0109. The first kappa shape index (κ1) is 18.1.